The van der Waals surface area contributed by atoms with Crippen molar-refractivity contribution < 1.29 is 23.9 Å². The molecule has 8 heteroatoms. The van der Waals surface area contributed by atoms with E-state index in [2.05, 4.69) is 5.32 Å². The number of hydrogen-bond donors (Lipinski definition) is 1. The van der Waals surface area contributed by atoms with Gasteiger partial charge in [0, 0.05) is 45.1 Å². The third-order valence-electron chi connectivity index (χ3n) is 4.31. The Morgan fingerprint density at radius 2 is 1.85 bits per heavy atom. The Morgan fingerprint density at radius 3 is 2.38 bits per heavy atom. The Morgan fingerprint density at radius 1 is 1.19 bits per heavy atom. The molecule has 0 aliphatic heterocycles. The predicted octanol–water partition coefficient (Wildman–Crippen LogP) is 1.68. The van der Waals surface area contributed by atoms with Gasteiger partial charge in [0.15, 0.2) is 5.78 Å². The van der Waals surface area contributed by atoms with Crippen LogP contribution in [0, 0.1) is 13.8 Å². The first-order valence-electron chi connectivity index (χ1n) is 8.59. The van der Waals surface area contributed by atoms with Crippen LogP contribution >= 0.6 is 0 Å². The standard InChI is InChI=1S/C18H29N3O5/c1-7-19-18(24)21(9-8-10-25-5)11-14(22)15-12(2)16(17(23)26-6)20(4)13(15)3/h7-11H2,1-6H3,(H,19,24). The van der Waals surface area contributed by atoms with Crippen LogP contribution in [-0.4, -0.2) is 67.7 Å². The lowest BCUT2D eigenvalue weighted by molar-refractivity contribution is 0.0588. The van der Waals surface area contributed by atoms with Crippen molar-refractivity contribution in [3.05, 3.63) is 22.5 Å². The fourth-order valence-electron chi connectivity index (χ4n) is 2.94. The second-order valence-electron chi connectivity index (χ2n) is 6.01. The van der Waals surface area contributed by atoms with E-state index >= 15 is 0 Å². The molecule has 0 aliphatic carbocycles. The minimum Gasteiger partial charge on any atom is -0.464 e. The quantitative estimate of drug-likeness (QED) is 0.407. The molecule has 1 aromatic heterocycles. The molecule has 1 heterocycles. The highest BCUT2D eigenvalue weighted by molar-refractivity contribution is 6.04. The third kappa shape index (κ3) is 4.85. The molecule has 0 bridgehead atoms. The summed E-state index contributed by atoms with van der Waals surface area (Å²) in [6.07, 6.45) is 0.626. The van der Waals surface area contributed by atoms with Gasteiger partial charge in [0.05, 0.1) is 13.7 Å². The molecule has 0 radical (unpaired) electrons. The molecule has 0 saturated heterocycles. The first-order valence-corrected chi connectivity index (χ1v) is 8.59. The number of hydrogen-bond acceptors (Lipinski definition) is 5. The number of amides is 2. The number of esters is 1. The van der Waals surface area contributed by atoms with E-state index in [4.69, 9.17) is 9.47 Å². The van der Waals surface area contributed by atoms with Crippen molar-refractivity contribution in [1.82, 2.24) is 14.8 Å². The summed E-state index contributed by atoms with van der Waals surface area (Å²) in [5.74, 6) is -0.706. The summed E-state index contributed by atoms with van der Waals surface area (Å²) in [7, 11) is 4.61. The van der Waals surface area contributed by atoms with Crippen LogP contribution in [0.15, 0.2) is 0 Å². The second-order valence-corrected chi connectivity index (χ2v) is 6.01. The van der Waals surface area contributed by atoms with Crippen molar-refractivity contribution in [2.24, 2.45) is 7.05 Å². The van der Waals surface area contributed by atoms with E-state index < -0.39 is 5.97 Å². The number of Topliss-reactive ketones (excluding diaryl/α,β-unsaturated/α-hetero) is 1. The molecule has 0 fully saturated rings. The highest BCUT2D eigenvalue weighted by Crippen LogP contribution is 2.22. The number of methoxy groups -OCH3 is 2. The van der Waals surface area contributed by atoms with Gasteiger partial charge in [-0.05, 0) is 32.8 Å². The van der Waals surface area contributed by atoms with Gasteiger partial charge in [0.2, 0.25) is 0 Å². The van der Waals surface area contributed by atoms with E-state index in [0.717, 1.165) is 0 Å². The van der Waals surface area contributed by atoms with E-state index in [0.29, 0.717) is 48.6 Å². The van der Waals surface area contributed by atoms with Gasteiger partial charge in [-0.1, -0.05) is 0 Å². The van der Waals surface area contributed by atoms with Gasteiger partial charge in [0.25, 0.3) is 0 Å². The molecule has 0 aliphatic rings. The van der Waals surface area contributed by atoms with E-state index in [-0.39, 0.29) is 18.4 Å². The molecule has 0 saturated carbocycles. The summed E-state index contributed by atoms with van der Waals surface area (Å²) in [6.45, 7) is 6.62. The van der Waals surface area contributed by atoms with E-state index in [1.807, 2.05) is 6.92 Å². The number of ether oxygens (including phenoxy) is 2. The number of rotatable bonds is 9. The lowest BCUT2D eigenvalue weighted by Gasteiger charge is -2.22. The van der Waals surface area contributed by atoms with Gasteiger partial charge < -0.3 is 24.3 Å². The number of ketones is 1. The average molecular weight is 367 g/mol. The molecule has 1 aromatic rings. The van der Waals surface area contributed by atoms with E-state index in [1.54, 1.807) is 32.6 Å². The van der Waals surface area contributed by atoms with E-state index in [1.165, 1.54) is 12.0 Å². The number of carbonyl (C=O) groups is 3. The molecule has 8 nitrogen and oxygen atoms in total. The minimum atomic E-state index is -0.493. The second kappa shape index (κ2) is 9.96. The molecule has 0 atom stereocenters. The summed E-state index contributed by atoms with van der Waals surface area (Å²) < 4.78 is 11.5. The van der Waals surface area contributed by atoms with Crippen LogP contribution in [0.25, 0.3) is 0 Å². The van der Waals surface area contributed by atoms with Crippen LogP contribution < -0.4 is 5.32 Å². The third-order valence-corrected chi connectivity index (χ3v) is 4.31. The van der Waals surface area contributed by atoms with Gasteiger partial charge in [0.1, 0.15) is 5.69 Å². The Hall–Kier alpha value is -2.35. The Bertz CT molecular complexity index is 666. The maximum Gasteiger partial charge on any atom is 0.354 e. The molecular formula is C18H29N3O5. The van der Waals surface area contributed by atoms with E-state index in [9.17, 15) is 14.4 Å². The topological polar surface area (TPSA) is 89.9 Å². The maximum atomic E-state index is 12.9. The van der Waals surface area contributed by atoms with Gasteiger partial charge in [-0.15, -0.1) is 0 Å². The zero-order valence-electron chi connectivity index (χ0n) is 16.5. The van der Waals surface area contributed by atoms with Gasteiger partial charge >= 0.3 is 12.0 Å². The first kappa shape index (κ1) is 21.7. The number of nitrogens with one attached hydrogen (secondary N) is 1. The molecule has 0 aromatic carbocycles. The van der Waals surface area contributed by atoms with Crippen molar-refractivity contribution in [3.63, 3.8) is 0 Å². The molecule has 0 unspecified atom stereocenters. The lowest BCUT2D eigenvalue weighted by Crippen LogP contribution is -2.43. The number of urea groups is 1. The van der Waals surface area contributed by atoms with Crippen LogP contribution in [0.3, 0.4) is 0 Å². The van der Waals surface area contributed by atoms with Crippen molar-refractivity contribution in [3.8, 4) is 0 Å². The summed E-state index contributed by atoms with van der Waals surface area (Å²) in [5.41, 5.74) is 2.03. The maximum absolute atomic E-state index is 12.9. The Labute approximate surface area is 154 Å². The van der Waals surface area contributed by atoms with Crippen LogP contribution in [0.5, 0.6) is 0 Å². The predicted molar refractivity (Wildman–Crippen MR) is 97.7 cm³/mol. The zero-order chi connectivity index (χ0) is 19.9. The number of carbonyl (C=O) groups excluding carboxylic acids is 3. The Balaban J connectivity index is 3.09. The number of aromatic nitrogens is 1. The van der Waals surface area contributed by atoms with Crippen LogP contribution in [0.1, 0.15) is 45.4 Å². The summed E-state index contributed by atoms with van der Waals surface area (Å²) in [5, 5.41) is 2.72. The SMILES string of the molecule is CCNC(=O)N(CCCOC)CC(=O)c1c(C)c(C(=O)OC)n(C)c1C. The Kier molecular flexibility index (Phi) is 8.31. The number of nitrogens with zero attached hydrogens (tertiary/aromatic N) is 2. The summed E-state index contributed by atoms with van der Waals surface area (Å²) in [4.78, 5) is 38.6. The largest absolute Gasteiger partial charge is 0.464 e. The van der Waals surface area contributed by atoms with Crippen LogP contribution in [0.4, 0.5) is 4.79 Å². The minimum absolute atomic E-state index is 0.0676. The highest BCUT2D eigenvalue weighted by Gasteiger charge is 2.27. The zero-order valence-corrected chi connectivity index (χ0v) is 16.5. The smallest absolute Gasteiger partial charge is 0.354 e. The van der Waals surface area contributed by atoms with Gasteiger partial charge in [-0.2, -0.15) is 0 Å². The monoisotopic (exact) mass is 367 g/mol. The fourth-order valence-corrected chi connectivity index (χ4v) is 2.94. The average Bonchev–Trinajstić information content (AvgIpc) is 2.83. The molecule has 1 rings (SSSR count). The normalized spacial score (nSPS) is 10.5. The van der Waals surface area contributed by atoms with Crippen molar-refractivity contribution in [1.29, 1.82) is 0 Å². The summed E-state index contributed by atoms with van der Waals surface area (Å²) >= 11 is 0. The molecule has 146 valence electrons. The first-order chi connectivity index (χ1) is 12.3. The van der Waals surface area contributed by atoms with Crippen LogP contribution in [-0.2, 0) is 16.5 Å². The molecule has 26 heavy (non-hydrogen) atoms. The molecular weight excluding hydrogens is 338 g/mol. The fraction of sp³-hybridized carbons (Fsp3) is 0.611. The highest BCUT2D eigenvalue weighted by atomic mass is 16.5. The van der Waals surface area contributed by atoms with Crippen molar-refractivity contribution in [2.45, 2.75) is 27.2 Å². The summed E-state index contributed by atoms with van der Waals surface area (Å²) in [6, 6.07) is -0.295. The lowest BCUT2D eigenvalue weighted by atomic mass is 10.1. The van der Waals surface area contributed by atoms with Gasteiger partial charge in [-0.3, -0.25) is 4.79 Å². The molecule has 2 amide bonds. The molecule has 1 N–H and O–H groups in total. The van der Waals surface area contributed by atoms with Gasteiger partial charge in [-0.25, -0.2) is 9.59 Å². The van der Waals surface area contributed by atoms with Crippen LogP contribution in [0.2, 0.25) is 0 Å². The van der Waals surface area contributed by atoms with Crippen molar-refractivity contribution in [2.75, 3.05) is 40.5 Å². The molecule has 0 spiro atoms. The van der Waals surface area contributed by atoms with Crippen molar-refractivity contribution >= 4 is 17.8 Å².